The van der Waals surface area contributed by atoms with E-state index in [0.717, 1.165) is 0 Å². The van der Waals surface area contributed by atoms with Crippen LogP contribution in [0.15, 0.2) is 0 Å². The van der Waals surface area contributed by atoms with Crippen LogP contribution in [0.1, 0.15) is 0 Å². The molecule has 0 aromatic carbocycles. The van der Waals surface area contributed by atoms with Crippen molar-refractivity contribution >= 4 is 0 Å². The molecule has 0 aromatic heterocycles. The Morgan fingerprint density at radius 2 is 1.50 bits per heavy atom. The molecule has 0 aliphatic rings. The van der Waals surface area contributed by atoms with E-state index >= 15 is 0 Å². The average molecular weight is 291 g/mol. The van der Waals surface area contributed by atoms with Gasteiger partial charge in [-0.2, -0.15) is 0 Å². The molecule has 0 radical (unpaired) electrons. The zero-order chi connectivity index (χ0) is 4.50. The summed E-state index contributed by atoms with van der Waals surface area (Å²) in [6.07, 6.45) is 0. The van der Waals surface area contributed by atoms with E-state index in [-0.39, 0.29) is 51.4 Å². The van der Waals surface area contributed by atoms with Crippen LogP contribution in [0.2, 0.25) is 0 Å². The molecule has 32 valence electrons. The van der Waals surface area contributed by atoms with E-state index in [1.807, 2.05) is 0 Å². The Bertz CT molecular complexity index is 209. The van der Waals surface area contributed by atoms with Crippen LogP contribution in [0.4, 0.5) is 0 Å². The molecule has 0 spiro atoms. The topological polar surface area (TPSA) is 81.0 Å². The second kappa shape index (κ2) is 3.53. The average Bonchev–Trinajstić information content (AvgIpc) is 0.722. The number of rotatable bonds is 0. The molecule has 0 aliphatic heterocycles. The van der Waals surface area contributed by atoms with Crippen LogP contribution in [0.25, 0.3) is 0 Å². The van der Waals surface area contributed by atoms with Crippen LogP contribution in [-0.4, -0.2) is 0 Å². The summed E-state index contributed by atoms with van der Waals surface area (Å²) in [5, 5.41) is 0. The predicted octanol–water partition coefficient (Wildman–Crippen LogP) is -4.41. The summed E-state index contributed by atoms with van der Waals surface area (Å²) in [7, 11) is 0. The van der Waals surface area contributed by atoms with Gasteiger partial charge in [-0.15, -0.1) is 0 Å². The molecule has 0 unspecified atom stereocenters. The number of nitrogens with zero attached hydrogens (tertiary/aromatic N) is 1. The number of hydrogen-bond donors (Lipinski definition) is 0. The fourth-order valence-corrected chi connectivity index (χ4v) is 0. The Morgan fingerprint density at radius 1 is 1.50 bits per heavy atom. The first-order chi connectivity index (χ1) is 2.00. The molecule has 6 heteroatoms. The van der Waals surface area contributed by atoms with Crippen molar-refractivity contribution in [3.05, 3.63) is 0 Å². The summed E-state index contributed by atoms with van der Waals surface area (Å²) in [6, 6.07) is 0. The molecule has 6 heavy (non-hydrogen) atoms. The third-order valence-electron chi connectivity index (χ3n) is 0. The van der Waals surface area contributed by atoms with Gasteiger partial charge in [0.2, 0.25) is 0 Å². The molecule has 0 bridgehead atoms. The minimum absolute atomic E-state index is 0. The van der Waals surface area contributed by atoms with Gasteiger partial charge < -0.3 is 0 Å². The van der Waals surface area contributed by atoms with Crippen LogP contribution in [0.5, 0.6) is 0 Å². The third kappa shape index (κ3) is 48.1. The quantitative estimate of drug-likeness (QED) is 0.422. The summed E-state index contributed by atoms with van der Waals surface area (Å²) >= 11 is -5.81. The van der Waals surface area contributed by atoms with Crippen molar-refractivity contribution < 1.29 is 77.3 Å². The van der Waals surface area contributed by atoms with Gasteiger partial charge in [0.05, 0.1) is 0 Å². The van der Waals surface area contributed by atoms with E-state index in [4.69, 9.17) is 14.9 Å². The summed E-state index contributed by atoms with van der Waals surface area (Å²) in [5.74, 6) is 0. The molecular weight excluding hydrogens is 291 g/mol. The minimum atomic E-state index is -5.81. The molecule has 0 aromatic rings. The van der Waals surface area contributed by atoms with E-state index in [9.17, 15) is 0 Å². The molecule has 0 saturated heterocycles. The zero-order valence-electron chi connectivity index (χ0n) is 3.03. The van der Waals surface area contributed by atoms with Crippen molar-refractivity contribution in [3.8, 4) is 0 Å². The molecule has 4 nitrogen and oxygen atoms in total. The van der Waals surface area contributed by atoms with Crippen molar-refractivity contribution in [3.63, 3.8) is 0 Å². The van der Waals surface area contributed by atoms with Crippen LogP contribution >= 0.6 is 0 Å². The van der Waals surface area contributed by atoms with E-state index < -0.39 is 14.9 Å². The molecule has 0 fully saturated rings. The van der Waals surface area contributed by atoms with Gasteiger partial charge in [-0.25, -0.2) is 0 Å². The fourth-order valence-electron chi connectivity index (χ4n) is 0. The molecule has 0 saturated carbocycles. The normalized spacial score (nSPS) is 9.33. The Balaban J connectivity index is 0. The van der Waals surface area contributed by atoms with Gasteiger partial charge in [0, 0.05) is 0 Å². The first kappa shape index (κ1) is 10.5. The van der Waals surface area contributed by atoms with Crippen molar-refractivity contribution in [2.24, 2.45) is 0 Å². The first-order valence-electron chi connectivity index (χ1n) is 0.591. The van der Waals surface area contributed by atoms with Crippen molar-refractivity contribution in [1.29, 1.82) is 3.88 Å². The van der Waals surface area contributed by atoms with Gasteiger partial charge in [-0.3, -0.25) is 0 Å². The Kier molecular flexibility index (Phi) is 6.19. The Morgan fingerprint density at radius 3 is 1.50 bits per heavy atom. The van der Waals surface area contributed by atoms with E-state index in [1.165, 1.54) is 0 Å². The van der Waals surface area contributed by atoms with Crippen LogP contribution in [-0.2, 0) is 22.0 Å². The second-order valence-electron chi connectivity index (χ2n) is 0.370. The Labute approximate surface area is 79.5 Å². The van der Waals surface area contributed by atoms with Gasteiger partial charge in [0.25, 0.3) is 0 Å². The Hall–Kier alpha value is 1.54. The molecular formula is KNO3Os. The SMILES string of the molecule is [K+].[N]#[Os](=[O])(=[O])[O-]. The van der Waals surface area contributed by atoms with Crippen LogP contribution in [0.3, 0.4) is 0 Å². The van der Waals surface area contributed by atoms with Crippen LogP contribution in [0, 0.1) is 3.88 Å². The number of hydrogen-bond acceptors (Lipinski definition) is 4. The first-order valence-corrected chi connectivity index (χ1v) is 4.84. The molecule has 0 N–H and O–H groups in total. The third-order valence-corrected chi connectivity index (χ3v) is 0. The summed E-state index contributed by atoms with van der Waals surface area (Å²) in [5.41, 5.74) is 0. The van der Waals surface area contributed by atoms with E-state index in [1.54, 1.807) is 0 Å². The molecule has 0 amide bonds. The summed E-state index contributed by atoms with van der Waals surface area (Å²) in [6.45, 7) is 0. The van der Waals surface area contributed by atoms with Crippen molar-refractivity contribution in [1.82, 2.24) is 0 Å². The maximum absolute atomic E-state index is 8.74. The summed E-state index contributed by atoms with van der Waals surface area (Å²) in [4.78, 5) is 0. The monoisotopic (exact) mass is 293 g/mol. The second-order valence-corrected chi connectivity index (χ2v) is 3.03. The van der Waals surface area contributed by atoms with Gasteiger partial charge >= 0.3 is 81.2 Å². The van der Waals surface area contributed by atoms with Crippen molar-refractivity contribution in [2.45, 2.75) is 0 Å². The molecule has 0 rings (SSSR count). The maximum atomic E-state index is 8.74. The van der Waals surface area contributed by atoms with Gasteiger partial charge in [0.1, 0.15) is 0 Å². The predicted molar refractivity (Wildman–Crippen MR) is 3.10 cm³/mol. The summed E-state index contributed by atoms with van der Waals surface area (Å²) < 4.78 is 33.3. The van der Waals surface area contributed by atoms with Crippen molar-refractivity contribution in [2.75, 3.05) is 0 Å². The molecule has 0 aliphatic carbocycles. The van der Waals surface area contributed by atoms with Gasteiger partial charge in [0.15, 0.2) is 0 Å². The van der Waals surface area contributed by atoms with Crippen LogP contribution < -0.4 is 55.3 Å². The fraction of sp³-hybridized carbons (Fsp3) is 0. The standard InChI is InChI=1S/K.N.3O.Os/q+1;;;;-1;. The van der Waals surface area contributed by atoms with E-state index in [0.29, 0.717) is 0 Å². The van der Waals surface area contributed by atoms with Gasteiger partial charge in [-0.1, -0.05) is 0 Å². The molecule has 0 atom stereocenters. The van der Waals surface area contributed by atoms with E-state index in [2.05, 4.69) is 0 Å². The molecule has 0 heterocycles. The zero-order valence-corrected chi connectivity index (χ0v) is 8.69. The van der Waals surface area contributed by atoms with Gasteiger partial charge in [-0.05, 0) is 0 Å².